The molecule has 17 heavy (non-hydrogen) atoms. The first kappa shape index (κ1) is 11.9. The van der Waals surface area contributed by atoms with Gasteiger partial charge in [-0.2, -0.15) is 0 Å². The van der Waals surface area contributed by atoms with Crippen LogP contribution in [0.2, 0.25) is 0 Å². The van der Waals surface area contributed by atoms with E-state index in [-0.39, 0.29) is 0 Å². The molecule has 0 saturated carbocycles. The summed E-state index contributed by atoms with van der Waals surface area (Å²) >= 11 is 1.51. The quantitative estimate of drug-likeness (QED) is 0.768. The number of aldehydes is 1. The Hall–Kier alpha value is -1.61. The summed E-state index contributed by atoms with van der Waals surface area (Å²) in [5.74, 6) is 0.894. The summed E-state index contributed by atoms with van der Waals surface area (Å²) in [5.41, 5.74) is 2.20. The van der Waals surface area contributed by atoms with Crippen molar-refractivity contribution in [1.82, 2.24) is 0 Å². The van der Waals surface area contributed by atoms with Crippen molar-refractivity contribution in [3.05, 3.63) is 51.2 Å². The SMILES string of the molecule is Cc1ccccc1OCc1cc(C=O)sc1C. The first-order valence-electron chi connectivity index (χ1n) is 5.43. The van der Waals surface area contributed by atoms with Crippen molar-refractivity contribution in [3.8, 4) is 5.75 Å². The van der Waals surface area contributed by atoms with Crippen molar-refractivity contribution in [1.29, 1.82) is 0 Å². The summed E-state index contributed by atoms with van der Waals surface area (Å²) in [7, 11) is 0. The smallest absolute Gasteiger partial charge is 0.160 e. The van der Waals surface area contributed by atoms with Crippen molar-refractivity contribution in [2.45, 2.75) is 20.5 Å². The van der Waals surface area contributed by atoms with Crippen LogP contribution in [0.5, 0.6) is 5.75 Å². The van der Waals surface area contributed by atoms with Crippen molar-refractivity contribution in [3.63, 3.8) is 0 Å². The minimum absolute atomic E-state index is 0.515. The van der Waals surface area contributed by atoms with Crippen LogP contribution in [-0.4, -0.2) is 6.29 Å². The highest BCUT2D eigenvalue weighted by Gasteiger charge is 2.06. The van der Waals surface area contributed by atoms with E-state index in [9.17, 15) is 4.79 Å². The van der Waals surface area contributed by atoms with Crippen LogP contribution < -0.4 is 4.74 Å². The molecule has 0 N–H and O–H groups in total. The summed E-state index contributed by atoms with van der Waals surface area (Å²) < 4.78 is 5.75. The van der Waals surface area contributed by atoms with E-state index in [1.165, 1.54) is 11.3 Å². The number of para-hydroxylation sites is 1. The molecule has 0 saturated heterocycles. The molecule has 0 spiro atoms. The third-order valence-corrected chi connectivity index (χ3v) is 3.65. The lowest BCUT2D eigenvalue weighted by atomic mass is 10.2. The van der Waals surface area contributed by atoms with Crippen LogP contribution in [-0.2, 0) is 6.61 Å². The molecule has 88 valence electrons. The molecular formula is C14H14O2S. The third kappa shape index (κ3) is 2.74. The number of carbonyl (C=O) groups is 1. The average Bonchev–Trinajstić information content (AvgIpc) is 2.69. The van der Waals surface area contributed by atoms with E-state index in [1.807, 2.05) is 44.2 Å². The molecule has 2 rings (SSSR count). The van der Waals surface area contributed by atoms with Gasteiger partial charge in [-0.3, -0.25) is 4.79 Å². The summed E-state index contributed by atoms with van der Waals surface area (Å²) in [5, 5.41) is 0. The van der Waals surface area contributed by atoms with Gasteiger partial charge in [0.15, 0.2) is 6.29 Å². The van der Waals surface area contributed by atoms with Crippen LogP contribution in [0.1, 0.15) is 25.7 Å². The Bertz CT molecular complexity index is 529. The van der Waals surface area contributed by atoms with Gasteiger partial charge in [0.2, 0.25) is 0 Å². The maximum absolute atomic E-state index is 10.7. The number of hydrogen-bond acceptors (Lipinski definition) is 3. The maximum Gasteiger partial charge on any atom is 0.160 e. The lowest BCUT2D eigenvalue weighted by Crippen LogP contribution is -1.96. The fourth-order valence-electron chi connectivity index (χ4n) is 1.62. The van der Waals surface area contributed by atoms with E-state index < -0.39 is 0 Å². The predicted molar refractivity (Wildman–Crippen MR) is 70.0 cm³/mol. The highest BCUT2D eigenvalue weighted by atomic mass is 32.1. The lowest BCUT2D eigenvalue weighted by Gasteiger charge is -2.08. The fraction of sp³-hybridized carbons (Fsp3) is 0.214. The number of rotatable bonds is 4. The van der Waals surface area contributed by atoms with Gasteiger partial charge in [0, 0.05) is 10.4 Å². The Morgan fingerprint density at radius 1 is 1.29 bits per heavy atom. The van der Waals surface area contributed by atoms with E-state index in [4.69, 9.17) is 4.74 Å². The lowest BCUT2D eigenvalue weighted by molar-refractivity contribution is 0.112. The van der Waals surface area contributed by atoms with Gasteiger partial charge < -0.3 is 4.74 Å². The maximum atomic E-state index is 10.7. The van der Waals surface area contributed by atoms with Crippen LogP contribution in [0.4, 0.5) is 0 Å². The Labute approximate surface area is 105 Å². The van der Waals surface area contributed by atoms with Crippen molar-refractivity contribution in [2.24, 2.45) is 0 Å². The van der Waals surface area contributed by atoms with Gasteiger partial charge >= 0.3 is 0 Å². The molecule has 0 fully saturated rings. The van der Waals surface area contributed by atoms with Gasteiger partial charge in [-0.15, -0.1) is 11.3 Å². The van der Waals surface area contributed by atoms with E-state index >= 15 is 0 Å². The van der Waals surface area contributed by atoms with E-state index in [0.29, 0.717) is 6.61 Å². The van der Waals surface area contributed by atoms with Crippen molar-refractivity contribution < 1.29 is 9.53 Å². The Balaban J connectivity index is 2.09. The summed E-state index contributed by atoms with van der Waals surface area (Å²) in [6, 6.07) is 9.82. The molecule has 1 aromatic carbocycles. The van der Waals surface area contributed by atoms with Crippen LogP contribution in [0, 0.1) is 13.8 Å². The third-order valence-electron chi connectivity index (χ3n) is 2.63. The number of carbonyl (C=O) groups excluding carboxylic acids is 1. The summed E-state index contributed by atoms with van der Waals surface area (Å²) in [6.07, 6.45) is 0.884. The topological polar surface area (TPSA) is 26.3 Å². The molecule has 2 nitrogen and oxygen atoms in total. The molecule has 0 unspecified atom stereocenters. The van der Waals surface area contributed by atoms with Crippen molar-refractivity contribution in [2.75, 3.05) is 0 Å². The minimum Gasteiger partial charge on any atom is -0.489 e. The van der Waals surface area contributed by atoms with E-state index in [0.717, 1.165) is 32.9 Å². The van der Waals surface area contributed by atoms with Gasteiger partial charge in [-0.1, -0.05) is 18.2 Å². The molecule has 1 heterocycles. The van der Waals surface area contributed by atoms with E-state index in [1.54, 1.807) is 0 Å². The standard InChI is InChI=1S/C14H14O2S/c1-10-5-3-4-6-14(10)16-9-12-7-13(8-15)17-11(12)2/h3-8H,9H2,1-2H3. The highest BCUT2D eigenvalue weighted by Crippen LogP contribution is 2.23. The Kier molecular flexibility index (Phi) is 3.59. The molecule has 0 bridgehead atoms. The van der Waals surface area contributed by atoms with Gasteiger partial charge in [-0.05, 0) is 31.5 Å². The molecule has 0 aliphatic rings. The highest BCUT2D eigenvalue weighted by molar-refractivity contribution is 7.13. The van der Waals surface area contributed by atoms with Crippen LogP contribution in [0.25, 0.3) is 0 Å². The normalized spacial score (nSPS) is 10.2. The fourth-order valence-corrected chi connectivity index (χ4v) is 2.47. The number of ether oxygens (including phenoxy) is 1. The molecule has 3 heteroatoms. The number of aryl methyl sites for hydroxylation is 2. The van der Waals surface area contributed by atoms with E-state index in [2.05, 4.69) is 0 Å². The molecule has 0 radical (unpaired) electrons. The van der Waals surface area contributed by atoms with Gasteiger partial charge in [0.05, 0.1) is 4.88 Å². The second kappa shape index (κ2) is 5.15. The zero-order valence-corrected chi connectivity index (χ0v) is 10.7. The number of benzene rings is 1. The monoisotopic (exact) mass is 246 g/mol. The van der Waals surface area contributed by atoms with Crippen LogP contribution in [0.3, 0.4) is 0 Å². The molecular weight excluding hydrogens is 232 g/mol. The van der Waals surface area contributed by atoms with Crippen molar-refractivity contribution >= 4 is 17.6 Å². The summed E-state index contributed by atoms with van der Waals surface area (Å²) in [4.78, 5) is 12.6. The molecule has 0 aliphatic heterocycles. The molecule has 0 amide bonds. The van der Waals surface area contributed by atoms with Crippen LogP contribution in [0.15, 0.2) is 30.3 Å². The van der Waals surface area contributed by atoms with Gasteiger partial charge in [0.25, 0.3) is 0 Å². The summed E-state index contributed by atoms with van der Waals surface area (Å²) in [6.45, 7) is 4.54. The van der Waals surface area contributed by atoms with Crippen LogP contribution >= 0.6 is 11.3 Å². The zero-order valence-electron chi connectivity index (χ0n) is 9.90. The molecule has 1 aromatic heterocycles. The largest absolute Gasteiger partial charge is 0.489 e. The number of hydrogen-bond donors (Lipinski definition) is 0. The average molecular weight is 246 g/mol. The number of thiophene rings is 1. The second-order valence-corrected chi connectivity index (χ2v) is 5.19. The first-order chi connectivity index (χ1) is 8.20. The van der Waals surface area contributed by atoms with Gasteiger partial charge in [0.1, 0.15) is 12.4 Å². The molecule has 0 atom stereocenters. The molecule has 2 aromatic rings. The Morgan fingerprint density at radius 2 is 2.06 bits per heavy atom. The van der Waals surface area contributed by atoms with Gasteiger partial charge in [-0.25, -0.2) is 0 Å². The Morgan fingerprint density at radius 3 is 2.71 bits per heavy atom. The predicted octanol–water partition coefficient (Wildman–Crippen LogP) is 3.76. The molecule has 0 aliphatic carbocycles. The first-order valence-corrected chi connectivity index (χ1v) is 6.25. The minimum atomic E-state index is 0.515. The second-order valence-electron chi connectivity index (χ2n) is 3.90. The zero-order chi connectivity index (χ0) is 12.3.